The zero-order valence-corrected chi connectivity index (χ0v) is 11.7. The fraction of sp³-hybridized carbons (Fsp3) is 0.467. The first kappa shape index (κ1) is 14.2. The molecule has 0 fully saturated rings. The van der Waals surface area contributed by atoms with E-state index in [1.807, 2.05) is 18.2 Å². The fourth-order valence-corrected chi connectivity index (χ4v) is 1.71. The molecule has 0 aliphatic rings. The van der Waals surface area contributed by atoms with E-state index in [9.17, 15) is 4.79 Å². The molecule has 1 aromatic rings. The van der Waals surface area contributed by atoms with E-state index in [-0.39, 0.29) is 11.3 Å². The monoisotopic (exact) mass is 244 g/mol. The van der Waals surface area contributed by atoms with E-state index in [0.717, 1.165) is 5.56 Å². The second-order valence-corrected chi connectivity index (χ2v) is 5.99. The second kappa shape index (κ2) is 4.81. The maximum atomic E-state index is 12.2. The largest absolute Gasteiger partial charge is 0.334 e. The summed E-state index contributed by atoms with van der Waals surface area (Å²) in [5.41, 5.74) is 0.650. The van der Waals surface area contributed by atoms with Gasteiger partial charge >= 0.3 is 0 Å². The molecule has 3 heteroatoms. The Morgan fingerprint density at radius 1 is 1.17 bits per heavy atom. The summed E-state index contributed by atoms with van der Waals surface area (Å²) in [4.78, 5) is 12.2. The summed E-state index contributed by atoms with van der Waals surface area (Å²) in [5.74, 6) is -0.202. The molecule has 96 valence electrons. The van der Waals surface area contributed by atoms with Crippen LogP contribution in [0.25, 0.3) is 0 Å². The summed E-state index contributed by atoms with van der Waals surface area (Å²) >= 11 is 0. The normalized spacial score (nSPS) is 11.8. The lowest BCUT2D eigenvalue weighted by Gasteiger charge is -2.24. The van der Waals surface area contributed by atoms with Gasteiger partial charge in [0.1, 0.15) is 5.54 Å². The van der Waals surface area contributed by atoms with Gasteiger partial charge in [0.15, 0.2) is 0 Å². The van der Waals surface area contributed by atoms with Crippen molar-refractivity contribution >= 4 is 5.91 Å². The van der Waals surface area contributed by atoms with Crippen LogP contribution in [0.4, 0.5) is 0 Å². The molecule has 0 saturated heterocycles. The zero-order valence-electron chi connectivity index (χ0n) is 11.7. The molecule has 0 bridgehead atoms. The van der Waals surface area contributed by atoms with Gasteiger partial charge in [0.05, 0.1) is 6.07 Å². The van der Waals surface area contributed by atoms with E-state index in [1.165, 1.54) is 0 Å². The van der Waals surface area contributed by atoms with Gasteiger partial charge < -0.3 is 5.32 Å². The Hall–Kier alpha value is -1.82. The van der Waals surface area contributed by atoms with Crippen molar-refractivity contribution in [3.8, 4) is 6.07 Å². The van der Waals surface area contributed by atoms with Crippen LogP contribution < -0.4 is 5.32 Å². The molecule has 1 amide bonds. The number of carbonyl (C=O) groups is 1. The third-order valence-electron chi connectivity index (χ3n) is 2.69. The number of hydrogen-bond acceptors (Lipinski definition) is 2. The molecule has 0 unspecified atom stereocenters. The molecule has 3 nitrogen and oxygen atoms in total. The van der Waals surface area contributed by atoms with Crippen LogP contribution in [-0.4, -0.2) is 11.4 Å². The van der Waals surface area contributed by atoms with Crippen molar-refractivity contribution in [2.75, 3.05) is 0 Å². The van der Waals surface area contributed by atoms with Crippen LogP contribution in [-0.2, 0) is 5.41 Å². The predicted octanol–water partition coefficient (Wildman–Crippen LogP) is 3.02. The SMILES string of the molecule is CC(C)(C#N)NC(=O)c1ccccc1C(C)(C)C. The van der Waals surface area contributed by atoms with Gasteiger partial charge in [-0.15, -0.1) is 0 Å². The highest BCUT2D eigenvalue weighted by Crippen LogP contribution is 2.25. The topological polar surface area (TPSA) is 52.9 Å². The molecule has 18 heavy (non-hydrogen) atoms. The number of carbonyl (C=O) groups excluding carboxylic acids is 1. The van der Waals surface area contributed by atoms with Crippen LogP contribution in [0.5, 0.6) is 0 Å². The fourth-order valence-electron chi connectivity index (χ4n) is 1.71. The average molecular weight is 244 g/mol. The van der Waals surface area contributed by atoms with Gasteiger partial charge in [0.2, 0.25) is 0 Å². The summed E-state index contributed by atoms with van der Waals surface area (Å²) in [6.45, 7) is 9.56. The Bertz CT molecular complexity index is 490. The quantitative estimate of drug-likeness (QED) is 0.869. The highest BCUT2D eigenvalue weighted by molar-refractivity contribution is 5.96. The Labute approximate surface area is 109 Å². The molecule has 0 spiro atoms. The summed E-state index contributed by atoms with van der Waals surface area (Å²) in [7, 11) is 0. The molecule has 0 aliphatic heterocycles. The minimum atomic E-state index is -0.859. The van der Waals surface area contributed by atoms with Crippen LogP contribution in [0.15, 0.2) is 24.3 Å². The van der Waals surface area contributed by atoms with Crippen LogP contribution >= 0.6 is 0 Å². The van der Waals surface area contributed by atoms with E-state index < -0.39 is 5.54 Å². The van der Waals surface area contributed by atoms with Crippen molar-refractivity contribution in [2.45, 2.75) is 45.6 Å². The number of nitrogens with zero attached hydrogens (tertiary/aromatic N) is 1. The Kier molecular flexibility index (Phi) is 3.81. The van der Waals surface area contributed by atoms with Crippen molar-refractivity contribution < 1.29 is 4.79 Å². The molecule has 0 heterocycles. The van der Waals surface area contributed by atoms with Gasteiger partial charge in [-0.25, -0.2) is 0 Å². The first-order chi connectivity index (χ1) is 8.17. The number of amides is 1. The van der Waals surface area contributed by atoms with Crippen molar-refractivity contribution in [2.24, 2.45) is 0 Å². The molecule has 0 radical (unpaired) electrons. The van der Waals surface area contributed by atoms with Crippen LogP contribution in [0.2, 0.25) is 0 Å². The number of rotatable bonds is 2. The van der Waals surface area contributed by atoms with E-state index in [1.54, 1.807) is 19.9 Å². The molecular weight excluding hydrogens is 224 g/mol. The number of nitriles is 1. The lowest BCUT2D eigenvalue weighted by Crippen LogP contribution is -2.42. The Morgan fingerprint density at radius 2 is 1.72 bits per heavy atom. The van der Waals surface area contributed by atoms with Gasteiger partial charge in [-0.1, -0.05) is 39.0 Å². The number of nitrogens with one attached hydrogen (secondary N) is 1. The van der Waals surface area contributed by atoms with Crippen molar-refractivity contribution in [3.63, 3.8) is 0 Å². The van der Waals surface area contributed by atoms with Gasteiger partial charge in [-0.3, -0.25) is 4.79 Å². The minimum absolute atomic E-state index is 0.106. The van der Waals surface area contributed by atoms with E-state index in [0.29, 0.717) is 5.56 Å². The van der Waals surface area contributed by atoms with Gasteiger partial charge in [-0.2, -0.15) is 5.26 Å². The molecular formula is C15H20N2O. The number of benzene rings is 1. The molecule has 0 aromatic heterocycles. The van der Waals surface area contributed by atoms with Crippen molar-refractivity contribution in [3.05, 3.63) is 35.4 Å². The summed E-state index contributed by atoms with van der Waals surface area (Å²) in [6.07, 6.45) is 0. The second-order valence-electron chi connectivity index (χ2n) is 5.99. The zero-order chi connectivity index (χ0) is 14.0. The van der Waals surface area contributed by atoms with Crippen LogP contribution in [0.3, 0.4) is 0 Å². The molecule has 0 saturated carbocycles. The first-order valence-corrected chi connectivity index (χ1v) is 6.01. The average Bonchev–Trinajstić information content (AvgIpc) is 2.27. The predicted molar refractivity (Wildman–Crippen MR) is 72.3 cm³/mol. The molecule has 1 aromatic carbocycles. The molecule has 0 aliphatic carbocycles. The number of hydrogen-bond donors (Lipinski definition) is 1. The molecule has 1 rings (SSSR count). The molecule has 0 atom stereocenters. The van der Waals surface area contributed by atoms with Gasteiger partial charge in [-0.05, 0) is 30.9 Å². The summed E-state index contributed by atoms with van der Waals surface area (Å²) in [6, 6.07) is 9.58. The highest BCUT2D eigenvalue weighted by atomic mass is 16.1. The Morgan fingerprint density at radius 3 is 2.22 bits per heavy atom. The van der Waals surface area contributed by atoms with Crippen molar-refractivity contribution in [1.82, 2.24) is 5.32 Å². The Balaban J connectivity index is 3.12. The van der Waals surface area contributed by atoms with Gasteiger partial charge in [0, 0.05) is 5.56 Å². The third kappa shape index (κ3) is 3.33. The maximum absolute atomic E-state index is 12.2. The van der Waals surface area contributed by atoms with Crippen LogP contribution in [0, 0.1) is 11.3 Å². The van der Waals surface area contributed by atoms with Crippen LogP contribution in [0.1, 0.15) is 50.5 Å². The molecule has 1 N–H and O–H groups in total. The van der Waals surface area contributed by atoms with E-state index in [2.05, 4.69) is 32.2 Å². The smallest absolute Gasteiger partial charge is 0.252 e. The lowest BCUT2D eigenvalue weighted by molar-refractivity contribution is 0.0927. The third-order valence-corrected chi connectivity index (χ3v) is 2.69. The highest BCUT2D eigenvalue weighted by Gasteiger charge is 2.25. The van der Waals surface area contributed by atoms with Gasteiger partial charge in [0.25, 0.3) is 5.91 Å². The summed E-state index contributed by atoms with van der Waals surface area (Å²) in [5, 5.41) is 11.7. The minimum Gasteiger partial charge on any atom is -0.334 e. The summed E-state index contributed by atoms with van der Waals surface area (Å²) < 4.78 is 0. The standard InChI is InChI=1S/C15H20N2O/c1-14(2,3)12-9-7-6-8-11(12)13(18)17-15(4,5)10-16/h6-9H,1-5H3,(H,17,18). The van der Waals surface area contributed by atoms with E-state index in [4.69, 9.17) is 5.26 Å². The first-order valence-electron chi connectivity index (χ1n) is 6.01. The van der Waals surface area contributed by atoms with E-state index >= 15 is 0 Å². The lowest BCUT2D eigenvalue weighted by atomic mass is 9.83. The van der Waals surface area contributed by atoms with Crippen molar-refractivity contribution in [1.29, 1.82) is 5.26 Å². The maximum Gasteiger partial charge on any atom is 0.252 e.